The topological polar surface area (TPSA) is 90.1 Å². The largest absolute Gasteiger partial charge is 0.481 e. The summed E-state index contributed by atoms with van der Waals surface area (Å²) in [6.07, 6.45) is 4.42. The highest BCUT2D eigenvalue weighted by Gasteiger charge is 2.50. The minimum absolute atomic E-state index is 0.0522. The second-order valence-electron chi connectivity index (χ2n) is 6.62. The van der Waals surface area contributed by atoms with Crippen molar-refractivity contribution in [2.75, 3.05) is 6.54 Å². The lowest BCUT2D eigenvalue weighted by molar-refractivity contribution is -0.136. The molecule has 23 heavy (non-hydrogen) atoms. The van der Waals surface area contributed by atoms with Gasteiger partial charge in [-0.05, 0) is 31.6 Å². The Morgan fingerprint density at radius 1 is 1.43 bits per heavy atom. The summed E-state index contributed by atoms with van der Waals surface area (Å²) in [4.78, 5) is 14.9. The van der Waals surface area contributed by atoms with Crippen molar-refractivity contribution in [3.8, 4) is 11.8 Å². The van der Waals surface area contributed by atoms with Crippen LogP contribution in [0.1, 0.15) is 51.9 Å². The van der Waals surface area contributed by atoms with E-state index in [0.717, 1.165) is 37.8 Å². The smallest absolute Gasteiger partial charge is 0.305 e. The van der Waals surface area contributed by atoms with Crippen molar-refractivity contribution in [1.82, 2.24) is 0 Å². The molecule has 0 saturated heterocycles. The molecule has 0 aromatic carbocycles. The number of rotatable bonds is 7. The average Bonchev–Trinajstić information content (AvgIpc) is 2.73. The van der Waals surface area contributed by atoms with Gasteiger partial charge in [0.15, 0.2) is 0 Å². The lowest BCUT2D eigenvalue weighted by atomic mass is 9.73. The van der Waals surface area contributed by atoms with Gasteiger partial charge >= 0.3 is 5.97 Å². The van der Waals surface area contributed by atoms with E-state index in [-0.39, 0.29) is 24.2 Å². The Morgan fingerprint density at radius 3 is 2.91 bits per heavy atom. The third-order valence-electron chi connectivity index (χ3n) is 4.91. The van der Waals surface area contributed by atoms with Crippen molar-refractivity contribution < 1.29 is 20.1 Å². The Kier molecular flexibility index (Phi) is 6.61. The normalized spacial score (nSPS) is 31.9. The van der Waals surface area contributed by atoms with Crippen LogP contribution in [0.25, 0.3) is 0 Å². The zero-order valence-corrected chi connectivity index (χ0v) is 13.7. The van der Waals surface area contributed by atoms with Crippen molar-refractivity contribution >= 4 is 11.7 Å². The van der Waals surface area contributed by atoms with E-state index in [9.17, 15) is 15.0 Å². The van der Waals surface area contributed by atoms with Crippen LogP contribution in [0.4, 0.5) is 0 Å². The number of hydrogen-bond donors (Lipinski definition) is 3. The third-order valence-corrected chi connectivity index (χ3v) is 4.91. The summed E-state index contributed by atoms with van der Waals surface area (Å²) in [6.45, 7) is 2.44. The van der Waals surface area contributed by atoms with Gasteiger partial charge in [0.1, 0.15) is 6.10 Å². The number of hydrogen-bond acceptors (Lipinski definition) is 4. The van der Waals surface area contributed by atoms with Crippen molar-refractivity contribution in [1.29, 1.82) is 0 Å². The number of aliphatic carboxylic acids is 1. The molecule has 5 heteroatoms. The first-order chi connectivity index (χ1) is 11.0. The van der Waals surface area contributed by atoms with E-state index in [1.165, 1.54) is 0 Å². The van der Waals surface area contributed by atoms with Crippen LogP contribution in [0.15, 0.2) is 4.99 Å². The molecule has 3 N–H and O–H groups in total. The van der Waals surface area contributed by atoms with Crippen LogP contribution in [0.5, 0.6) is 0 Å². The van der Waals surface area contributed by atoms with E-state index in [0.29, 0.717) is 13.0 Å². The fraction of sp³-hybridized carbons (Fsp3) is 0.778. The number of carboxylic acid groups (broad SMARTS) is 1. The summed E-state index contributed by atoms with van der Waals surface area (Å²) < 4.78 is 0. The van der Waals surface area contributed by atoms with Gasteiger partial charge in [-0.1, -0.05) is 31.6 Å². The van der Waals surface area contributed by atoms with E-state index >= 15 is 0 Å². The Labute approximate surface area is 137 Å². The van der Waals surface area contributed by atoms with Crippen LogP contribution in [0.2, 0.25) is 0 Å². The third kappa shape index (κ3) is 4.79. The van der Waals surface area contributed by atoms with Gasteiger partial charge in [0.25, 0.3) is 0 Å². The number of aliphatic hydroxyl groups excluding tert-OH is 2. The maximum atomic E-state index is 10.5. The first kappa shape index (κ1) is 18.0. The molecule has 2 aliphatic carbocycles. The quantitative estimate of drug-likeness (QED) is 0.493. The van der Waals surface area contributed by atoms with Gasteiger partial charge in [-0.3, -0.25) is 9.79 Å². The first-order valence-electron chi connectivity index (χ1n) is 8.65. The number of carboxylic acids is 1. The van der Waals surface area contributed by atoms with Gasteiger partial charge < -0.3 is 15.3 Å². The van der Waals surface area contributed by atoms with Gasteiger partial charge in [0.05, 0.1) is 12.5 Å². The van der Waals surface area contributed by atoms with E-state index in [1.807, 2.05) is 0 Å². The van der Waals surface area contributed by atoms with E-state index in [4.69, 9.17) is 5.11 Å². The summed E-state index contributed by atoms with van der Waals surface area (Å²) in [7, 11) is 0. The minimum atomic E-state index is -0.836. The Balaban J connectivity index is 1.82. The summed E-state index contributed by atoms with van der Waals surface area (Å²) in [5.41, 5.74) is 1.03. The van der Waals surface area contributed by atoms with Crippen molar-refractivity contribution in [2.45, 2.75) is 64.1 Å². The summed E-state index contributed by atoms with van der Waals surface area (Å²) in [5, 5.41) is 28.8. The second kappa shape index (κ2) is 8.47. The van der Waals surface area contributed by atoms with Gasteiger partial charge in [-0.15, -0.1) is 0 Å². The molecule has 128 valence electrons. The first-order valence-corrected chi connectivity index (χ1v) is 8.65. The lowest BCUT2D eigenvalue weighted by Gasteiger charge is -2.34. The van der Waals surface area contributed by atoms with Crippen molar-refractivity contribution in [2.24, 2.45) is 22.7 Å². The molecule has 5 unspecified atom stereocenters. The van der Waals surface area contributed by atoms with Crippen LogP contribution in [0.3, 0.4) is 0 Å². The van der Waals surface area contributed by atoms with Gasteiger partial charge in [0, 0.05) is 24.1 Å². The Morgan fingerprint density at radius 2 is 2.22 bits per heavy atom. The van der Waals surface area contributed by atoms with Crippen LogP contribution < -0.4 is 0 Å². The summed E-state index contributed by atoms with van der Waals surface area (Å²) in [6, 6.07) is 0. The standard InChI is InChI=1S/C18H27NO4/c1-2-3-4-5-13(20)7-6-12-10-14-15(18(12)23)11-16(14)19-9-8-17(21)22/h12-15,18,20,23H,2-5,8-11H2,1H3,(H,21,22). The molecule has 5 atom stereocenters. The zero-order valence-electron chi connectivity index (χ0n) is 13.7. The number of unbranched alkanes of at least 4 members (excludes halogenated alkanes) is 2. The predicted octanol–water partition coefficient (Wildman–Crippen LogP) is 1.86. The molecule has 2 aliphatic rings. The molecule has 0 aromatic rings. The molecule has 0 aliphatic heterocycles. The average molecular weight is 321 g/mol. The lowest BCUT2D eigenvalue weighted by Crippen LogP contribution is -2.38. The van der Waals surface area contributed by atoms with Gasteiger partial charge in [0.2, 0.25) is 0 Å². The predicted molar refractivity (Wildman–Crippen MR) is 88.2 cm³/mol. The van der Waals surface area contributed by atoms with Crippen LogP contribution >= 0.6 is 0 Å². The summed E-state index contributed by atoms with van der Waals surface area (Å²) in [5.74, 6) is 5.45. The molecular weight excluding hydrogens is 294 g/mol. The fourth-order valence-electron chi connectivity index (χ4n) is 3.49. The SMILES string of the molecule is CCCCCC(O)C#CC1CC2C(=NCCC(=O)O)CC2C1O. The van der Waals surface area contributed by atoms with E-state index < -0.39 is 18.2 Å². The van der Waals surface area contributed by atoms with E-state index in [1.54, 1.807) is 0 Å². The second-order valence-corrected chi connectivity index (χ2v) is 6.62. The van der Waals surface area contributed by atoms with E-state index in [2.05, 4.69) is 23.8 Å². The van der Waals surface area contributed by atoms with Crippen molar-refractivity contribution in [3.05, 3.63) is 0 Å². The number of fused-ring (bicyclic) bond motifs is 1. The monoisotopic (exact) mass is 321 g/mol. The minimum Gasteiger partial charge on any atom is -0.481 e. The molecule has 0 bridgehead atoms. The van der Waals surface area contributed by atoms with Crippen molar-refractivity contribution in [3.63, 3.8) is 0 Å². The zero-order chi connectivity index (χ0) is 16.8. The molecule has 0 heterocycles. The van der Waals surface area contributed by atoms with Crippen LogP contribution in [0, 0.1) is 29.6 Å². The number of carbonyl (C=O) groups is 1. The maximum absolute atomic E-state index is 10.5. The van der Waals surface area contributed by atoms with Crippen LogP contribution in [-0.4, -0.2) is 45.8 Å². The maximum Gasteiger partial charge on any atom is 0.305 e. The molecule has 0 radical (unpaired) electrons. The highest BCUT2D eigenvalue weighted by Crippen LogP contribution is 2.47. The highest BCUT2D eigenvalue weighted by molar-refractivity contribution is 5.93. The Bertz CT molecular complexity index is 505. The summed E-state index contributed by atoms with van der Waals surface area (Å²) >= 11 is 0. The number of aliphatic imine (C=N–C) groups is 1. The van der Waals surface area contributed by atoms with Gasteiger partial charge in [-0.25, -0.2) is 0 Å². The number of aliphatic hydroxyl groups is 2. The van der Waals surface area contributed by atoms with Gasteiger partial charge in [-0.2, -0.15) is 0 Å². The molecule has 2 rings (SSSR count). The molecule has 5 nitrogen and oxygen atoms in total. The molecule has 0 spiro atoms. The molecule has 0 amide bonds. The Hall–Kier alpha value is -1.38. The molecular formula is C18H27NO4. The molecule has 0 aromatic heterocycles. The molecule has 2 fully saturated rings. The number of nitrogens with zero attached hydrogens (tertiary/aromatic N) is 1. The fourth-order valence-corrected chi connectivity index (χ4v) is 3.49. The molecule has 2 saturated carbocycles. The van der Waals surface area contributed by atoms with Crippen LogP contribution in [-0.2, 0) is 4.79 Å². The highest BCUT2D eigenvalue weighted by atomic mass is 16.4.